The van der Waals surface area contributed by atoms with E-state index in [2.05, 4.69) is 80.1 Å². The highest BCUT2D eigenvalue weighted by atomic mass is 16.5. The van der Waals surface area contributed by atoms with Crippen molar-refractivity contribution in [1.82, 2.24) is 0 Å². The molecule has 2 aromatic rings. The van der Waals surface area contributed by atoms with Gasteiger partial charge in [-0.3, -0.25) is 0 Å². The lowest BCUT2D eigenvalue weighted by Crippen LogP contribution is -2.20. The highest BCUT2D eigenvalue weighted by molar-refractivity contribution is 5.63. The van der Waals surface area contributed by atoms with Gasteiger partial charge in [0, 0.05) is 23.7 Å². The van der Waals surface area contributed by atoms with Gasteiger partial charge < -0.3 is 9.47 Å². The number of ether oxygens (including phenoxy) is 2. The first-order chi connectivity index (χ1) is 17.5. The summed E-state index contributed by atoms with van der Waals surface area (Å²) >= 11 is 0. The fraction of sp³-hybridized carbons (Fsp3) is 0.543. The summed E-state index contributed by atoms with van der Waals surface area (Å²) in [5.74, 6) is 11.3. The van der Waals surface area contributed by atoms with Crippen molar-refractivity contribution in [2.45, 2.75) is 108 Å². The Hall–Kier alpha value is -2.68. The maximum atomic E-state index is 5.88. The zero-order chi connectivity index (χ0) is 27.9. The topological polar surface area (TPSA) is 18.5 Å². The van der Waals surface area contributed by atoms with Gasteiger partial charge in [0.05, 0.1) is 12.7 Å². The maximum Gasteiger partial charge on any atom is 0.125 e. The summed E-state index contributed by atoms with van der Waals surface area (Å²) in [6.07, 6.45) is 10.4. The van der Waals surface area contributed by atoms with Crippen LogP contribution in [0.5, 0.6) is 5.75 Å². The number of rotatable bonds is 4. The molecule has 0 aromatic heterocycles. The van der Waals surface area contributed by atoms with Gasteiger partial charge in [-0.25, -0.2) is 0 Å². The van der Waals surface area contributed by atoms with Gasteiger partial charge >= 0.3 is 0 Å². The van der Waals surface area contributed by atoms with Gasteiger partial charge in [-0.05, 0) is 152 Å². The summed E-state index contributed by atoms with van der Waals surface area (Å²) in [6, 6.07) is 0. The fourth-order valence-electron chi connectivity index (χ4n) is 5.27. The molecule has 1 saturated carbocycles. The molecule has 1 fully saturated rings. The van der Waals surface area contributed by atoms with Gasteiger partial charge in [-0.15, -0.1) is 12.3 Å². The fourth-order valence-corrected chi connectivity index (χ4v) is 5.27. The number of hydrogen-bond donors (Lipinski definition) is 0. The van der Waals surface area contributed by atoms with Gasteiger partial charge in [0.2, 0.25) is 0 Å². The van der Waals surface area contributed by atoms with Crippen molar-refractivity contribution >= 4 is 0 Å². The molecule has 0 aliphatic heterocycles. The molecule has 0 saturated heterocycles. The average Bonchev–Trinajstić information content (AvgIpc) is 2.90. The van der Waals surface area contributed by atoms with Gasteiger partial charge in [-0.2, -0.15) is 0 Å². The van der Waals surface area contributed by atoms with E-state index in [0.29, 0.717) is 18.6 Å². The van der Waals surface area contributed by atoms with Gasteiger partial charge in [0.25, 0.3) is 0 Å². The number of hydrogen-bond acceptors (Lipinski definition) is 2. The van der Waals surface area contributed by atoms with E-state index in [-0.39, 0.29) is 0 Å². The molecule has 2 aromatic carbocycles. The van der Waals surface area contributed by atoms with Crippen LogP contribution in [-0.2, 0) is 4.74 Å². The lowest BCUT2D eigenvalue weighted by Gasteiger charge is -2.25. The molecular weight excluding hydrogens is 452 g/mol. The predicted octanol–water partition coefficient (Wildman–Crippen LogP) is 8.48. The van der Waals surface area contributed by atoms with Crippen LogP contribution in [0.2, 0.25) is 0 Å². The zero-order valence-corrected chi connectivity index (χ0v) is 25.3. The third-order valence-corrected chi connectivity index (χ3v) is 8.47. The number of terminal acetylenes is 1. The molecule has 0 bridgehead atoms. The monoisotopic (exact) mass is 500 g/mol. The summed E-state index contributed by atoms with van der Waals surface area (Å²) in [5.41, 5.74) is 13.8. The van der Waals surface area contributed by atoms with E-state index < -0.39 is 0 Å². The number of benzene rings is 2. The molecule has 0 atom stereocenters. The normalized spacial score (nSPS) is 16.7. The molecule has 0 unspecified atom stereocenters. The Morgan fingerprint density at radius 3 is 1.38 bits per heavy atom. The Bertz CT molecular complexity index is 1150. The van der Waals surface area contributed by atoms with Crippen LogP contribution in [-0.4, -0.2) is 19.3 Å². The van der Waals surface area contributed by atoms with Crippen LogP contribution in [0.25, 0.3) is 0 Å². The molecule has 1 aliphatic rings. The van der Waals surface area contributed by atoms with Crippen molar-refractivity contribution in [1.29, 1.82) is 0 Å². The Labute approximate surface area is 227 Å². The molecule has 0 radical (unpaired) electrons. The van der Waals surface area contributed by atoms with Crippen molar-refractivity contribution in [2.75, 3.05) is 13.2 Å². The van der Waals surface area contributed by atoms with Crippen molar-refractivity contribution in [3.63, 3.8) is 0 Å². The average molecular weight is 501 g/mol. The van der Waals surface area contributed by atoms with Crippen molar-refractivity contribution in [3.8, 4) is 29.9 Å². The SMILES string of the molecule is C#CC1CCC(OCC)CC1.CCOc1c(C)c(C)c(C#Cc2c(C)c(C)c(C)c(C)c2C)c(C)c1C. The second-order valence-electron chi connectivity index (χ2n) is 10.5. The van der Waals surface area contributed by atoms with Gasteiger partial charge in [0.15, 0.2) is 0 Å². The van der Waals surface area contributed by atoms with E-state index in [9.17, 15) is 0 Å². The molecule has 37 heavy (non-hydrogen) atoms. The standard InChI is InChI=1S/C25H32O.C10H16O/c1-11-26-25-21(9)19(7)24(20(8)22(25)10)13-12-23-17(5)15(3)14(2)16(4)18(23)6;1-3-9-5-7-10(8-6-9)11-4-2/h11H2,1-10H3;1,9-10H,4-8H2,2H3. The first kappa shape index (κ1) is 30.5. The van der Waals surface area contributed by atoms with Crippen molar-refractivity contribution < 1.29 is 9.47 Å². The third kappa shape index (κ3) is 7.00. The molecule has 2 heteroatoms. The van der Waals surface area contributed by atoms with E-state index in [0.717, 1.165) is 43.6 Å². The smallest absolute Gasteiger partial charge is 0.125 e. The zero-order valence-electron chi connectivity index (χ0n) is 25.3. The first-order valence-electron chi connectivity index (χ1n) is 13.9. The van der Waals surface area contributed by atoms with Crippen LogP contribution in [0.1, 0.15) is 101 Å². The van der Waals surface area contributed by atoms with E-state index in [1.165, 1.54) is 55.6 Å². The van der Waals surface area contributed by atoms with E-state index in [1.807, 2.05) is 13.8 Å². The molecular formula is C35H48O2. The van der Waals surface area contributed by atoms with Crippen LogP contribution in [0.15, 0.2) is 0 Å². The van der Waals surface area contributed by atoms with Crippen molar-refractivity contribution in [2.24, 2.45) is 5.92 Å². The van der Waals surface area contributed by atoms with E-state index >= 15 is 0 Å². The highest BCUT2D eigenvalue weighted by Crippen LogP contribution is 2.33. The quantitative estimate of drug-likeness (QED) is 0.392. The van der Waals surface area contributed by atoms with E-state index in [1.54, 1.807) is 0 Å². The van der Waals surface area contributed by atoms with Gasteiger partial charge in [0.1, 0.15) is 5.75 Å². The van der Waals surface area contributed by atoms with Crippen LogP contribution in [0.3, 0.4) is 0 Å². The molecule has 0 spiro atoms. The second kappa shape index (κ2) is 13.7. The van der Waals surface area contributed by atoms with Crippen LogP contribution < -0.4 is 4.74 Å². The lowest BCUT2D eigenvalue weighted by atomic mass is 9.88. The van der Waals surface area contributed by atoms with E-state index in [4.69, 9.17) is 15.9 Å². The maximum absolute atomic E-state index is 5.88. The van der Waals surface area contributed by atoms with Crippen LogP contribution >= 0.6 is 0 Å². The Morgan fingerprint density at radius 1 is 0.595 bits per heavy atom. The molecule has 2 nitrogen and oxygen atoms in total. The molecule has 1 aliphatic carbocycles. The predicted molar refractivity (Wildman–Crippen MR) is 159 cm³/mol. The summed E-state index contributed by atoms with van der Waals surface area (Å²) in [6.45, 7) is 25.2. The minimum Gasteiger partial charge on any atom is -0.493 e. The molecule has 0 heterocycles. The molecule has 0 N–H and O–H groups in total. The van der Waals surface area contributed by atoms with Crippen LogP contribution in [0.4, 0.5) is 0 Å². The molecule has 0 amide bonds. The Balaban J connectivity index is 0.000000364. The molecule has 3 rings (SSSR count). The molecule has 200 valence electrons. The van der Waals surface area contributed by atoms with Crippen LogP contribution in [0, 0.1) is 92.4 Å². The summed E-state index contributed by atoms with van der Waals surface area (Å²) in [7, 11) is 0. The Kier molecular flexibility index (Phi) is 11.3. The van der Waals surface area contributed by atoms with Gasteiger partial charge in [-0.1, -0.05) is 11.8 Å². The minimum absolute atomic E-state index is 0.490. The highest BCUT2D eigenvalue weighted by Gasteiger charge is 2.19. The summed E-state index contributed by atoms with van der Waals surface area (Å²) < 4.78 is 11.4. The largest absolute Gasteiger partial charge is 0.493 e. The Morgan fingerprint density at radius 2 is 1.00 bits per heavy atom. The minimum atomic E-state index is 0.490. The summed E-state index contributed by atoms with van der Waals surface area (Å²) in [4.78, 5) is 0. The van der Waals surface area contributed by atoms with Crippen molar-refractivity contribution in [3.05, 3.63) is 61.2 Å². The third-order valence-electron chi connectivity index (χ3n) is 8.47. The second-order valence-corrected chi connectivity index (χ2v) is 10.5. The first-order valence-corrected chi connectivity index (χ1v) is 13.9. The summed E-state index contributed by atoms with van der Waals surface area (Å²) in [5, 5.41) is 0. The lowest BCUT2D eigenvalue weighted by molar-refractivity contribution is 0.0310.